The fourth-order valence-corrected chi connectivity index (χ4v) is 2.28. The van der Waals surface area contributed by atoms with Gasteiger partial charge in [0.15, 0.2) is 0 Å². The van der Waals surface area contributed by atoms with Gasteiger partial charge < -0.3 is 15.4 Å². The van der Waals surface area contributed by atoms with Gasteiger partial charge >= 0.3 is 11.8 Å². The Morgan fingerprint density at radius 2 is 1.42 bits per heavy atom. The zero-order valence-corrected chi connectivity index (χ0v) is 14.2. The van der Waals surface area contributed by atoms with Crippen LogP contribution in [0, 0.1) is 0 Å². The van der Waals surface area contributed by atoms with Crippen molar-refractivity contribution in [2.45, 2.75) is 0 Å². The molecule has 26 heavy (non-hydrogen) atoms. The number of aromatic nitrogens is 1. The molecule has 0 radical (unpaired) electrons. The highest BCUT2D eigenvalue weighted by Gasteiger charge is 2.14. The lowest BCUT2D eigenvalue weighted by molar-refractivity contribution is -0.132. The molecule has 2 aromatic carbocycles. The molecule has 0 aliphatic carbocycles. The number of carbonyl (C=O) groups is 2. The zero-order chi connectivity index (χ0) is 18.4. The molecule has 0 fully saturated rings. The highest BCUT2D eigenvalue weighted by molar-refractivity contribution is 6.43. The third-order valence-electron chi connectivity index (χ3n) is 3.29. The van der Waals surface area contributed by atoms with Crippen molar-refractivity contribution < 1.29 is 14.3 Å². The number of pyridine rings is 1. The van der Waals surface area contributed by atoms with E-state index in [-0.39, 0.29) is 0 Å². The smallest absolute Gasteiger partial charge is 0.314 e. The number of nitrogens with one attached hydrogen (secondary N) is 2. The summed E-state index contributed by atoms with van der Waals surface area (Å²) in [5, 5.41) is 5.46. The van der Waals surface area contributed by atoms with E-state index in [4.69, 9.17) is 16.3 Å². The first kappa shape index (κ1) is 17.4. The summed E-state index contributed by atoms with van der Waals surface area (Å²) in [4.78, 5) is 27.8. The van der Waals surface area contributed by atoms with Crippen LogP contribution >= 0.6 is 11.6 Å². The van der Waals surface area contributed by atoms with Crippen molar-refractivity contribution in [3.63, 3.8) is 0 Å². The van der Waals surface area contributed by atoms with Crippen LogP contribution in [0.5, 0.6) is 11.5 Å². The van der Waals surface area contributed by atoms with E-state index in [0.29, 0.717) is 27.9 Å². The molecule has 0 saturated carbocycles. The van der Waals surface area contributed by atoms with Crippen molar-refractivity contribution in [3.8, 4) is 11.5 Å². The molecular formula is C19H14ClN3O3. The van der Waals surface area contributed by atoms with Crippen molar-refractivity contribution in [2.24, 2.45) is 0 Å². The predicted octanol–water partition coefficient (Wildman–Crippen LogP) is 4.10. The number of halogens is 1. The fraction of sp³-hybridized carbons (Fsp3) is 0. The normalized spacial score (nSPS) is 10.0. The largest absolute Gasteiger partial charge is 0.457 e. The summed E-state index contributed by atoms with van der Waals surface area (Å²) >= 11 is 5.84. The standard InChI is InChI=1S/C19H14ClN3O3/c20-13-2-1-3-15(12-13)23-19(25)18(24)22-14-4-6-16(7-5-14)26-17-8-10-21-11-9-17/h1-12H,(H,22,24)(H,23,25). The monoisotopic (exact) mass is 367 g/mol. The number of carbonyl (C=O) groups excluding carboxylic acids is 2. The highest BCUT2D eigenvalue weighted by atomic mass is 35.5. The summed E-state index contributed by atoms with van der Waals surface area (Å²) in [6.07, 6.45) is 3.25. The van der Waals surface area contributed by atoms with Crippen molar-refractivity contribution in [3.05, 3.63) is 78.1 Å². The molecule has 0 unspecified atom stereocenters. The number of ether oxygens (including phenoxy) is 1. The van der Waals surface area contributed by atoms with Crippen LogP contribution in [0.15, 0.2) is 73.1 Å². The number of amides is 2. The van der Waals surface area contributed by atoms with Crippen LogP contribution in [0.3, 0.4) is 0 Å². The lowest BCUT2D eigenvalue weighted by Crippen LogP contribution is -2.29. The Hall–Kier alpha value is -3.38. The van der Waals surface area contributed by atoms with Crippen molar-refractivity contribution >= 4 is 34.8 Å². The van der Waals surface area contributed by atoms with Gasteiger partial charge in [-0.25, -0.2) is 0 Å². The molecule has 0 bridgehead atoms. The number of nitrogens with zero attached hydrogens (tertiary/aromatic N) is 1. The maximum atomic E-state index is 12.0. The Bertz CT molecular complexity index is 915. The molecule has 0 aliphatic heterocycles. The maximum Gasteiger partial charge on any atom is 0.314 e. The minimum absolute atomic E-state index is 0.443. The van der Waals surface area contributed by atoms with Crippen LogP contribution < -0.4 is 15.4 Å². The van der Waals surface area contributed by atoms with E-state index in [1.165, 1.54) is 0 Å². The summed E-state index contributed by atoms with van der Waals surface area (Å²) < 4.78 is 5.63. The summed E-state index contributed by atoms with van der Waals surface area (Å²) in [6, 6.07) is 16.7. The Morgan fingerprint density at radius 3 is 2.08 bits per heavy atom. The van der Waals surface area contributed by atoms with Crippen LogP contribution in [0.2, 0.25) is 5.02 Å². The van der Waals surface area contributed by atoms with E-state index in [9.17, 15) is 9.59 Å². The number of anilines is 2. The van der Waals surface area contributed by atoms with Crippen LogP contribution in [-0.2, 0) is 9.59 Å². The van der Waals surface area contributed by atoms with Gasteiger partial charge in [0.05, 0.1) is 0 Å². The molecule has 0 saturated heterocycles. The van der Waals surface area contributed by atoms with Crippen LogP contribution in [0.4, 0.5) is 11.4 Å². The van der Waals surface area contributed by atoms with Gasteiger partial charge in [0.25, 0.3) is 0 Å². The van der Waals surface area contributed by atoms with Gasteiger partial charge in [-0.3, -0.25) is 14.6 Å². The molecule has 0 aliphatic rings. The fourth-order valence-electron chi connectivity index (χ4n) is 2.09. The van der Waals surface area contributed by atoms with E-state index >= 15 is 0 Å². The van der Waals surface area contributed by atoms with Crippen LogP contribution in [0.1, 0.15) is 0 Å². The minimum Gasteiger partial charge on any atom is -0.457 e. The van der Waals surface area contributed by atoms with Gasteiger partial charge in [0, 0.05) is 28.8 Å². The minimum atomic E-state index is -0.788. The Balaban J connectivity index is 1.58. The molecule has 3 aromatic rings. The first-order chi connectivity index (χ1) is 12.6. The summed E-state index contributed by atoms with van der Waals surface area (Å²) in [6.45, 7) is 0. The molecule has 130 valence electrons. The second kappa shape index (κ2) is 8.13. The summed E-state index contributed by atoms with van der Waals surface area (Å²) in [7, 11) is 0. The van der Waals surface area contributed by atoms with Gasteiger partial charge in [-0.05, 0) is 54.6 Å². The maximum absolute atomic E-state index is 12.0. The van der Waals surface area contributed by atoms with Gasteiger partial charge in [-0.2, -0.15) is 0 Å². The summed E-state index contributed by atoms with van der Waals surface area (Å²) in [5.41, 5.74) is 0.914. The average Bonchev–Trinajstić information content (AvgIpc) is 2.64. The Labute approximate surface area is 154 Å². The van der Waals surface area contributed by atoms with Crippen molar-refractivity contribution in [1.29, 1.82) is 0 Å². The summed E-state index contributed by atoms with van der Waals surface area (Å²) in [5.74, 6) is -0.326. The topological polar surface area (TPSA) is 80.3 Å². The first-order valence-corrected chi connectivity index (χ1v) is 8.04. The third-order valence-corrected chi connectivity index (χ3v) is 3.52. The lowest BCUT2D eigenvalue weighted by atomic mass is 10.3. The number of hydrogen-bond acceptors (Lipinski definition) is 4. The molecule has 3 rings (SSSR count). The van der Waals surface area contributed by atoms with Crippen LogP contribution in [0.25, 0.3) is 0 Å². The van der Waals surface area contributed by atoms with Gasteiger partial charge in [0.2, 0.25) is 0 Å². The Kier molecular flexibility index (Phi) is 5.46. The van der Waals surface area contributed by atoms with Crippen molar-refractivity contribution in [1.82, 2.24) is 4.98 Å². The van der Waals surface area contributed by atoms with E-state index in [0.717, 1.165) is 0 Å². The third kappa shape index (κ3) is 4.81. The lowest BCUT2D eigenvalue weighted by Gasteiger charge is -2.08. The molecule has 0 atom stereocenters. The molecule has 2 amide bonds. The van der Waals surface area contributed by atoms with Gasteiger partial charge in [-0.15, -0.1) is 0 Å². The van der Waals surface area contributed by atoms with E-state index < -0.39 is 11.8 Å². The molecule has 1 aromatic heterocycles. The molecule has 7 heteroatoms. The van der Waals surface area contributed by atoms with Gasteiger partial charge in [-0.1, -0.05) is 17.7 Å². The van der Waals surface area contributed by atoms with E-state index in [2.05, 4.69) is 15.6 Å². The number of hydrogen-bond donors (Lipinski definition) is 2. The molecular weight excluding hydrogens is 354 g/mol. The first-order valence-electron chi connectivity index (χ1n) is 7.66. The van der Waals surface area contributed by atoms with E-state index in [1.54, 1.807) is 73.1 Å². The zero-order valence-electron chi connectivity index (χ0n) is 13.5. The SMILES string of the molecule is O=C(Nc1ccc(Oc2ccncc2)cc1)C(=O)Nc1cccc(Cl)c1. The van der Waals surface area contributed by atoms with Crippen LogP contribution in [-0.4, -0.2) is 16.8 Å². The second-order valence-corrected chi connectivity index (χ2v) is 5.66. The second-order valence-electron chi connectivity index (χ2n) is 5.23. The molecule has 2 N–H and O–H groups in total. The van der Waals surface area contributed by atoms with E-state index in [1.807, 2.05) is 0 Å². The molecule has 1 heterocycles. The predicted molar refractivity (Wildman–Crippen MR) is 99.5 cm³/mol. The Morgan fingerprint density at radius 1 is 0.808 bits per heavy atom. The van der Waals surface area contributed by atoms with Crippen molar-refractivity contribution in [2.75, 3.05) is 10.6 Å². The molecule has 6 nitrogen and oxygen atoms in total. The quantitative estimate of drug-likeness (QED) is 0.680. The number of rotatable bonds is 4. The number of benzene rings is 2. The van der Waals surface area contributed by atoms with Gasteiger partial charge in [0.1, 0.15) is 11.5 Å². The highest BCUT2D eigenvalue weighted by Crippen LogP contribution is 2.22. The molecule has 0 spiro atoms. The average molecular weight is 368 g/mol.